The van der Waals surface area contributed by atoms with Crippen molar-refractivity contribution >= 4 is 23.2 Å². The van der Waals surface area contributed by atoms with E-state index in [1.54, 1.807) is 30.1 Å². The lowest BCUT2D eigenvalue weighted by molar-refractivity contribution is -0.139. The molecule has 2 spiro atoms. The van der Waals surface area contributed by atoms with Gasteiger partial charge in [0.15, 0.2) is 0 Å². The molecule has 0 radical (unpaired) electrons. The maximum atomic E-state index is 15.5. The molecule has 1 aromatic heterocycles. The summed E-state index contributed by atoms with van der Waals surface area (Å²) < 4.78 is 68.7. The number of nitrogens with one attached hydrogen (secondary N) is 1. The van der Waals surface area contributed by atoms with E-state index in [1.807, 2.05) is 4.90 Å². The molecule has 1 aliphatic carbocycles. The van der Waals surface area contributed by atoms with Crippen LogP contribution in [-0.4, -0.2) is 73.1 Å². The number of amides is 1. The number of anilines is 3. The largest absolute Gasteiger partial charge is 0.494 e. The van der Waals surface area contributed by atoms with Gasteiger partial charge in [0, 0.05) is 51.6 Å². The van der Waals surface area contributed by atoms with Crippen LogP contribution in [0, 0.1) is 11.2 Å². The monoisotopic (exact) mass is 612 g/mol. The lowest BCUT2D eigenvalue weighted by Crippen LogP contribution is -2.58. The number of carbonyl (C=O) groups excluding carboxylic acids is 1. The second-order valence-electron chi connectivity index (χ2n) is 12.4. The summed E-state index contributed by atoms with van der Waals surface area (Å²) in [4.78, 5) is 26.8. The number of hydrogen-bond donors (Lipinski definition) is 1. The van der Waals surface area contributed by atoms with Gasteiger partial charge in [-0.05, 0) is 49.8 Å². The molecule has 1 amide bonds. The number of likely N-dealkylation sites (tertiary alicyclic amines) is 1. The van der Waals surface area contributed by atoms with Crippen LogP contribution in [0.3, 0.4) is 0 Å². The summed E-state index contributed by atoms with van der Waals surface area (Å²) in [7, 11) is 5.20. The topological polar surface area (TPSA) is 83.1 Å². The fourth-order valence-electron chi connectivity index (χ4n) is 7.10. The van der Waals surface area contributed by atoms with Gasteiger partial charge in [-0.3, -0.25) is 4.79 Å². The van der Waals surface area contributed by atoms with Crippen LogP contribution in [0.5, 0.6) is 17.4 Å². The molecule has 1 saturated carbocycles. The van der Waals surface area contributed by atoms with Crippen LogP contribution in [0.25, 0.3) is 0 Å². The molecule has 3 aliphatic heterocycles. The number of piperidine rings is 1. The lowest BCUT2D eigenvalue weighted by atomic mass is 9.72. The number of rotatable bonds is 6. The van der Waals surface area contributed by atoms with Crippen molar-refractivity contribution in [1.29, 1.82) is 0 Å². The SMILES string of the molecule is COc1cc(N2CCC3(CC2)CN(C)C3)c(F)cc1Nc1ncc(C(F)(F)F)c(Oc2cccc3c2C(=O)N(C)C32CC2)n1. The van der Waals surface area contributed by atoms with Crippen LogP contribution in [-0.2, 0) is 11.7 Å². The Morgan fingerprint density at radius 1 is 1.02 bits per heavy atom. The minimum Gasteiger partial charge on any atom is -0.494 e. The summed E-state index contributed by atoms with van der Waals surface area (Å²) in [6.45, 7) is 3.53. The first kappa shape index (κ1) is 28.6. The number of aromatic nitrogens is 2. The van der Waals surface area contributed by atoms with Crippen molar-refractivity contribution in [3.8, 4) is 17.4 Å². The maximum Gasteiger partial charge on any atom is 0.423 e. The minimum atomic E-state index is -4.84. The number of benzene rings is 2. The zero-order valence-corrected chi connectivity index (χ0v) is 24.6. The number of carbonyl (C=O) groups is 1. The highest BCUT2D eigenvalue weighted by molar-refractivity contribution is 6.03. The molecule has 9 nitrogen and oxygen atoms in total. The second-order valence-corrected chi connectivity index (χ2v) is 12.4. The van der Waals surface area contributed by atoms with Gasteiger partial charge in [0.05, 0.1) is 29.6 Å². The van der Waals surface area contributed by atoms with E-state index in [9.17, 15) is 18.0 Å². The van der Waals surface area contributed by atoms with Gasteiger partial charge in [-0.15, -0.1) is 0 Å². The second kappa shape index (κ2) is 9.94. The van der Waals surface area contributed by atoms with Gasteiger partial charge in [0.1, 0.15) is 22.9 Å². The van der Waals surface area contributed by atoms with E-state index < -0.39 is 29.0 Å². The quantitative estimate of drug-likeness (QED) is 0.351. The third kappa shape index (κ3) is 4.59. The molecular formula is C31H32F4N6O3. The molecule has 44 heavy (non-hydrogen) atoms. The Hall–Kier alpha value is -4.13. The van der Waals surface area contributed by atoms with Crippen LogP contribution < -0.4 is 19.7 Å². The molecule has 3 aromatic rings. The first-order valence-corrected chi connectivity index (χ1v) is 14.5. The molecule has 1 N–H and O–H groups in total. The van der Waals surface area contributed by atoms with Gasteiger partial charge < -0.3 is 29.5 Å². The Labute approximate surface area is 251 Å². The zero-order valence-electron chi connectivity index (χ0n) is 24.6. The van der Waals surface area contributed by atoms with E-state index in [-0.39, 0.29) is 34.6 Å². The summed E-state index contributed by atoms with van der Waals surface area (Å²) in [5.41, 5.74) is 0.140. The molecule has 4 heterocycles. The number of halogens is 4. The Morgan fingerprint density at radius 2 is 1.75 bits per heavy atom. The van der Waals surface area contributed by atoms with Crippen molar-refractivity contribution in [3.05, 3.63) is 59.0 Å². The number of ether oxygens (including phenoxy) is 2. The molecule has 0 atom stereocenters. The number of alkyl halides is 3. The Bertz CT molecular complexity index is 1640. The highest BCUT2D eigenvalue weighted by Crippen LogP contribution is 2.57. The lowest BCUT2D eigenvalue weighted by Gasteiger charge is -2.53. The van der Waals surface area contributed by atoms with E-state index >= 15 is 4.39 Å². The Morgan fingerprint density at radius 3 is 2.39 bits per heavy atom. The number of hydrogen-bond acceptors (Lipinski definition) is 8. The van der Waals surface area contributed by atoms with Crippen molar-refractivity contribution in [3.63, 3.8) is 0 Å². The van der Waals surface area contributed by atoms with Gasteiger partial charge in [-0.1, -0.05) is 12.1 Å². The van der Waals surface area contributed by atoms with E-state index in [4.69, 9.17) is 9.47 Å². The standard InChI is InChI=1S/C31H32F4N6O3/c1-39-16-29(17-39)9-11-41(12-10-29)22-14-24(43-3)21(13-20(22)32)37-28-36-15-19(31(33,34)35)26(38-28)44-23-6-4-5-18-25(23)27(42)40(2)30(18)7-8-30/h4-6,13-15H,7-12,16-17H2,1-3H3,(H,36,37,38). The van der Waals surface area contributed by atoms with Crippen LogP contribution in [0.15, 0.2) is 36.5 Å². The number of nitrogens with zero attached hydrogens (tertiary/aromatic N) is 5. The molecule has 2 aromatic carbocycles. The Kier molecular flexibility index (Phi) is 6.47. The highest BCUT2D eigenvalue weighted by atomic mass is 19.4. The predicted molar refractivity (Wildman–Crippen MR) is 154 cm³/mol. The molecule has 4 aliphatic rings. The summed E-state index contributed by atoms with van der Waals surface area (Å²) in [6.07, 6.45) is -0.757. The van der Waals surface area contributed by atoms with Gasteiger partial charge in [-0.2, -0.15) is 18.2 Å². The van der Waals surface area contributed by atoms with Crippen molar-refractivity contribution in [1.82, 2.24) is 19.8 Å². The average molecular weight is 613 g/mol. The van der Waals surface area contributed by atoms with Gasteiger partial charge in [0.2, 0.25) is 11.8 Å². The first-order chi connectivity index (χ1) is 20.9. The molecule has 7 rings (SSSR count). The highest BCUT2D eigenvalue weighted by Gasteiger charge is 2.57. The third-order valence-corrected chi connectivity index (χ3v) is 9.57. The molecule has 232 valence electrons. The summed E-state index contributed by atoms with van der Waals surface area (Å²) in [6, 6.07) is 7.70. The smallest absolute Gasteiger partial charge is 0.423 e. The fraction of sp³-hybridized carbons (Fsp3) is 0.452. The summed E-state index contributed by atoms with van der Waals surface area (Å²) in [5.74, 6) is -1.62. The number of methoxy groups -OCH3 is 1. The van der Waals surface area contributed by atoms with Gasteiger partial charge in [0.25, 0.3) is 5.91 Å². The molecule has 2 saturated heterocycles. The van der Waals surface area contributed by atoms with Crippen LogP contribution in [0.2, 0.25) is 0 Å². The molecule has 13 heteroatoms. The average Bonchev–Trinajstić information content (AvgIpc) is 3.74. The van der Waals surface area contributed by atoms with Gasteiger partial charge >= 0.3 is 6.18 Å². The number of fused-ring (bicyclic) bond motifs is 2. The zero-order chi connectivity index (χ0) is 31.0. The van der Waals surface area contributed by atoms with E-state index in [0.29, 0.717) is 30.4 Å². The predicted octanol–water partition coefficient (Wildman–Crippen LogP) is 5.79. The van der Waals surface area contributed by atoms with E-state index in [1.165, 1.54) is 19.2 Å². The summed E-state index contributed by atoms with van der Waals surface area (Å²) >= 11 is 0. The van der Waals surface area contributed by atoms with Crippen molar-refractivity contribution in [2.24, 2.45) is 5.41 Å². The normalized spacial score (nSPS) is 20.1. The van der Waals surface area contributed by atoms with Gasteiger partial charge in [-0.25, -0.2) is 9.37 Å². The maximum absolute atomic E-state index is 15.5. The van der Waals surface area contributed by atoms with Crippen LogP contribution in [0.1, 0.15) is 47.2 Å². The minimum absolute atomic E-state index is 0.0249. The fourth-order valence-corrected chi connectivity index (χ4v) is 7.10. The molecule has 0 bridgehead atoms. The first-order valence-electron chi connectivity index (χ1n) is 14.5. The van der Waals surface area contributed by atoms with E-state index in [0.717, 1.165) is 44.3 Å². The molecular weight excluding hydrogens is 580 g/mol. The molecule has 3 fully saturated rings. The third-order valence-electron chi connectivity index (χ3n) is 9.57. The van der Waals surface area contributed by atoms with Crippen molar-refractivity contribution < 1.29 is 31.8 Å². The molecule has 0 unspecified atom stereocenters. The summed E-state index contributed by atoms with van der Waals surface area (Å²) in [5, 5.41) is 2.79. The van der Waals surface area contributed by atoms with Crippen LogP contribution >= 0.6 is 0 Å². The Balaban J connectivity index is 1.17. The van der Waals surface area contributed by atoms with E-state index in [2.05, 4.69) is 27.2 Å². The van der Waals surface area contributed by atoms with Crippen LogP contribution in [0.4, 0.5) is 34.9 Å². The van der Waals surface area contributed by atoms with Crippen molar-refractivity contribution in [2.45, 2.75) is 37.4 Å². The van der Waals surface area contributed by atoms with Crippen molar-refractivity contribution in [2.75, 3.05) is 57.6 Å².